The first-order chi connectivity index (χ1) is 7.13. The van der Waals surface area contributed by atoms with E-state index in [0.29, 0.717) is 6.04 Å². The number of amides is 3. The average Bonchev–Trinajstić information content (AvgIpc) is 2.21. The van der Waals surface area contributed by atoms with E-state index < -0.39 is 6.03 Å². The summed E-state index contributed by atoms with van der Waals surface area (Å²) in [6, 6.07) is -0.128. The summed E-state index contributed by atoms with van der Waals surface area (Å²) in [4.78, 5) is 24.3. The van der Waals surface area contributed by atoms with E-state index in [4.69, 9.17) is 0 Å². The molecule has 0 saturated carbocycles. The molecule has 7 heteroatoms. The van der Waals surface area contributed by atoms with Crippen molar-refractivity contribution in [2.45, 2.75) is 13.0 Å². The molecule has 1 atom stereocenters. The van der Waals surface area contributed by atoms with Crippen LogP contribution in [0.1, 0.15) is 6.92 Å². The van der Waals surface area contributed by atoms with Gasteiger partial charge in [0.15, 0.2) is 0 Å². The minimum atomic E-state index is -0.456. The standard InChI is InChI=1S/C9H18N4O2.ClH/c1-7-5-11-3-4-13(7)6-8(14)12-9(15)10-2;/h7,11H,3-6H2,1-2H3,(H2,10,12,14,15);1H/t7-;/m1./s1. The lowest BCUT2D eigenvalue weighted by Crippen LogP contribution is -2.53. The van der Waals surface area contributed by atoms with E-state index in [1.807, 2.05) is 0 Å². The fraction of sp³-hybridized carbons (Fsp3) is 0.778. The smallest absolute Gasteiger partial charge is 0.321 e. The van der Waals surface area contributed by atoms with Crippen LogP contribution in [0.4, 0.5) is 4.79 Å². The normalized spacial score (nSPS) is 20.8. The predicted molar refractivity (Wildman–Crippen MR) is 63.8 cm³/mol. The summed E-state index contributed by atoms with van der Waals surface area (Å²) in [5.74, 6) is -0.261. The third-order valence-electron chi connectivity index (χ3n) is 2.47. The summed E-state index contributed by atoms with van der Waals surface area (Å²) in [5, 5.41) is 7.83. The zero-order valence-corrected chi connectivity index (χ0v) is 10.4. The topological polar surface area (TPSA) is 73.5 Å². The van der Waals surface area contributed by atoms with Crippen molar-refractivity contribution in [3.63, 3.8) is 0 Å². The fourth-order valence-electron chi connectivity index (χ4n) is 1.53. The van der Waals surface area contributed by atoms with Crippen LogP contribution in [0.5, 0.6) is 0 Å². The molecule has 0 radical (unpaired) electrons. The molecule has 0 aromatic heterocycles. The third kappa shape index (κ3) is 4.78. The van der Waals surface area contributed by atoms with Gasteiger partial charge in [0.05, 0.1) is 6.54 Å². The molecule has 0 bridgehead atoms. The Kier molecular flexibility index (Phi) is 7.03. The largest absolute Gasteiger partial charge is 0.341 e. The Morgan fingerprint density at radius 3 is 2.75 bits per heavy atom. The quantitative estimate of drug-likeness (QED) is 0.598. The van der Waals surface area contributed by atoms with E-state index in [-0.39, 0.29) is 24.9 Å². The van der Waals surface area contributed by atoms with Crippen LogP contribution in [0.25, 0.3) is 0 Å². The molecule has 0 aromatic rings. The molecule has 0 spiro atoms. The number of nitrogens with zero attached hydrogens (tertiary/aromatic N) is 1. The minimum Gasteiger partial charge on any atom is -0.341 e. The lowest BCUT2D eigenvalue weighted by Gasteiger charge is -2.33. The molecule has 94 valence electrons. The maximum atomic E-state index is 11.4. The minimum absolute atomic E-state index is 0. The summed E-state index contributed by atoms with van der Waals surface area (Å²) >= 11 is 0. The highest BCUT2D eigenvalue weighted by Crippen LogP contribution is 2.00. The molecule has 3 amide bonds. The lowest BCUT2D eigenvalue weighted by molar-refractivity contribution is -0.121. The molecule has 3 N–H and O–H groups in total. The third-order valence-corrected chi connectivity index (χ3v) is 2.47. The number of urea groups is 1. The highest BCUT2D eigenvalue weighted by atomic mass is 35.5. The van der Waals surface area contributed by atoms with E-state index in [1.165, 1.54) is 7.05 Å². The van der Waals surface area contributed by atoms with Gasteiger partial charge in [-0.25, -0.2) is 4.79 Å². The summed E-state index contributed by atoms with van der Waals surface area (Å²) in [6.45, 7) is 4.93. The van der Waals surface area contributed by atoms with Gasteiger partial charge in [-0.1, -0.05) is 0 Å². The van der Waals surface area contributed by atoms with E-state index >= 15 is 0 Å². The number of rotatable bonds is 2. The number of piperazine rings is 1. The average molecular weight is 251 g/mol. The van der Waals surface area contributed by atoms with Crippen molar-refractivity contribution >= 4 is 24.3 Å². The zero-order valence-electron chi connectivity index (χ0n) is 9.58. The van der Waals surface area contributed by atoms with Gasteiger partial charge in [-0.2, -0.15) is 0 Å². The molecule has 16 heavy (non-hydrogen) atoms. The highest BCUT2D eigenvalue weighted by Gasteiger charge is 2.20. The monoisotopic (exact) mass is 250 g/mol. The molecule has 1 rings (SSSR count). The van der Waals surface area contributed by atoms with Crippen molar-refractivity contribution in [1.29, 1.82) is 0 Å². The summed E-state index contributed by atoms with van der Waals surface area (Å²) in [6.07, 6.45) is 0. The van der Waals surface area contributed by atoms with Gasteiger partial charge in [-0.15, -0.1) is 12.4 Å². The summed E-state index contributed by atoms with van der Waals surface area (Å²) in [5.41, 5.74) is 0. The number of hydrogen-bond donors (Lipinski definition) is 3. The second-order valence-corrected chi connectivity index (χ2v) is 3.65. The predicted octanol–water partition coefficient (Wildman–Crippen LogP) is -0.842. The highest BCUT2D eigenvalue weighted by molar-refractivity contribution is 5.95. The van der Waals surface area contributed by atoms with E-state index in [1.54, 1.807) is 0 Å². The Hall–Kier alpha value is -0.850. The fourth-order valence-corrected chi connectivity index (χ4v) is 1.53. The van der Waals surface area contributed by atoms with Crippen molar-refractivity contribution in [2.24, 2.45) is 0 Å². The summed E-state index contributed by atoms with van der Waals surface area (Å²) < 4.78 is 0. The molecule has 0 unspecified atom stereocenters. The van der Waals surface area contributed by atoms with Gasteiger partial charge in [0, 0.05) is 32.7 Å². The Labute approximate surface area is 102 Å². The molecular weight excluding hydrogens is 232 g/mol. The maximum Gasteiger partial charge on any atom is 0.321 e. The van der Waals surface area contributed by atoms with Gasteiger partial charge in [-0.05, 0) is 6.92 Å². The Morgan fingerprint density at radius 1 is 1.50 bits per heavy atom. The van der Waals surface area contributed by atoms with Crippen LogP contribution in [-0.2, 0) is 4.79 Å². The van der Waals surface area contributed by atoms with Gasteiger partial charge < -0.3 is 10.6 Å². The molecule has 1 heterocycles. The van der Waals surface area contributed by atoms with Crippen LogP contribution in [0.2, 0.25) is 0 Å². The van der Waals surface area contributed by atoms with E-state index in [2.05, 4.69) is 27.8 Å². The van der Waals surface area contributed by atoms with Crippen LogP contribution in [0, 0.1) is 0 Å². The molecule has 0 aromatic carbocycles. The first-order valence-electron chi connectivity index (χ1n) is 5.10. The number of carbonyl (C=O) groups is 2. The number of hydrogen-bond acceptors (Lipinski definition) is 4. The van der Waals surface area contributed by atoms with Crippen LogP contribution >= 0.6 is 12.4 Å². The first kappa shape index (κ1) is 15.2. The van der Waals surface area contributed by atoms with Crippen LogP contribution < -0.4 is 16.0 Å². The van der Waals surface area contributed by atoms with Crippen LogP contribution in [-0.4, -0.2) is 56.1 Å². The molecule has 1 fully saturated rings. The molecule has 6 nitrogen and oxygen atoms in total. The lowest BCUT2D eigenvalue weighted by atomic mass is 10.2. The van der Waals surface area contributed by atoms with Crippen LogP contribution in [0.3, 0.4) is 0 Å². The number of imide groups is 1. The van der Waals surface area contributed by atoms with Gasteiger partial charge in [-0.3, -0.25) is 15.0 Å². The molecule has 1 aliphatic rings. The van der Waals surface area contributed by atoms with Crippen molar-refractivity contribution in [3.05, 3.63) is 0 Å². The molecular formula is C9H19ClN4O2. The van der Waals surface area contributed by atoms with Gasteiger partial charge >= 0.3 is 6.03 Å². The van der Waals surface area contributed by atoms with Crippen molar-refractivity contribution in [2.75, 3.05) is 33.2 Å². The van der Waals surface area contributed by atoms with Gasteiger partial charge in [0.25, 0.3) is 0 Å². The molecule has 0 aliphatic carbocycles. The Bertz CT molecular complexity index is 250. The maximum absolute atomic E-state index is 11.4. The molecule has 1 saturated heterocycles. The van der Waals surface area contributed by atoms with Crippen molar-refractivity contribution < 1.29 is 9.59 Å². The first-order valence-corrected chi connectivity index (χ1v) is 5.10. The van der Waals surface area contributed by atoms with Gasteiger partial charge in [0.1, 0.15) is 0 Å². The number of carbonyl (C=O) groups excluding carboxylic acids is 2. The van der Waals surface area contributed by atoms with Crippen molar-refractivity contribution in [1.82, 2.24) is 20.9 Å². The molecule has 1 aliphatic heterocycles. The van der Waals surface area contributed by atoms with Gasteiger partial charge in [0.2, 0.25) is 5.91 Å². The Morgan fingerprint density at radius 2 is 2.19 bits per heavy atom. The van der Waals surface area contributed by atoms with E-state index in [9.17, 15) is 9.59 Å². The second-order valence-electron chi connectivity index (χ2n) is 3.65. The zero-order chi connectivity index (χ0) is 11.3. The van der Waals surface area contributed by atoms with Crippen molar-refractivity contribution in [3.8, 4) is 0 Å². The number of nitrogens with one attached hydrogen (secondary N) is 3. The van der Waals surface area contributed by atoms with E-state index in [0.717, 1.165) is 19.6 Å². The number of halogens is 1. The SMILES string of the molecule is CNC(=O)NC(=O)CN1CCNC[C@H]1C.Cl. The van der Waals surface area contributed by atoms with Crippen LogP contribution in [0.15, 0.2) is 0 Å². The second kappa shape index (κ2) is 7.43. The Balaban J connectivity index is 0.00000225. The summed E-state index contributed by atoms with van der Waals surface area (Å²) in [7, 11) is 1.48.